The van der Waals surface area contributed by atoms with Gasteiger partial charge in [-0.15, -0.1) is 5.10 Å². The Morgan fingerprint density at radius 2 is 2.00 bits per heavy atom. The lowest BCUT2D eigenvalue weighted by molar-refractivity contribution is 0.102. The van der Waals surface area contributed by atoms with Crippen molar-refractivity contribution in [2.24, 2.45) is 0 Å². The standard InChI is InChI=1S/C16H12ClFN4O/c17-13-8-12(18)6-7-14(13)19-16(23)15-10-22(21-20-15)9-11-4-2-1-3-5-11/h1-8,10H,9H2,(H,19,23). The highest BCUT2D eigenvalue weighted by Gasteiger charge is 2.13. The molecular weight excluding hydrogens is 319 g/mol. The lowest BCUT2D eigenvalue weighted by atomic mass is 10.2. The van der Waals surface area contributed by atoms with E-state index >= 15 is 0 Å². The van der Waals surface area contributed by atoms with Crippen molar-refractivity contribution in [1.82, 2.24) is 15.0 Å². The average molecular weight is 331 g/mol. The van der Waals surface area contributed by atoms with Crippen molar-refractivity contribution in [3.05, 3.63) is 76.8 Å². The van der Waals surface area contributed by atoms with Gasteiger partial charge in [-0.2, -0.15) is 0 Å². The number of benzene rings is 2. The smallest absolute Gasteiger partial charge is 0.277 e. The Morgan fingerprint density at radius 1 is 1.22 bits per heavy atom. The van der Waals surface area contributed by atoms with Crippen molar-refractivity contribution in [1.29, 1.82) is 0 Å². The second-order valence-electron chi connectivity index (χ2n) is 4.87. The molecule has 1 heterocycles. The molecular formula is C16H12ClFN4O. The molecule has 7 heteroatoms. The summed E-state index contributed by atoms with van der Waals surface area (Å²) in [6.45, 7) is 0.512. The molecule has 0 unspecified atom stereocenters. The molecule has 0 bridgehead atoms. The molecule has 0 saturated carbocycles. The van der Waals surface area contributed by atoms with Gasteiger partial charge in [0.05, 0.1) is 23.5 Å². The number of nitrogens with zero attached hydrogens (tertiary/aromatic N) is 3. The van der Waals surface area contributed by atoms with Gasteiger partial charge >= 0.3 is 0 Å². The van der Waals surface area contributed by atoms with Gasteiger partial charge in [0.15, 0.2) is 5.69 Å². The van der Waals surface area contributed by atoms with E-state index in [9.17, 15) is 9.18 Å². The van der Waals surface area contributed by atoms with E-state index in [1.54, 1.807) is 10.9 Å². The van der Waals surface area contributed by atoms with Gasteiger partial charge < -0.3 is 5.32 Å². The third kappa shape index (κ3) is 3.73. The minimum atomic E-state index is -0.471. The van der Waals surface area contributed by atoms with Gasteiger partial charge in [0.25, 0.3) is 5.91 Å². The number of hydrogen-bond acceptors (Lipinski definition) is 3. The number of anilines is 1. The maximum absolute atomic E-state index is 13.0. The van der Waals surface area contributed by atoms with E-state index in [1.807, 2.05) is 30.3 Å². The second kappa shape index (κ2) is 6.58. The summed E-state index contributed by atoms with van der Waals surface area (Å²) in [6.07, 6.45) is 1.54. The van der Waals surface area contributed by atoms with Gasteiger partial charge in [-0.1, -0.05) is 47.1 Å². The molecule has 0 aliphatic heterocycles. The number of nitrogens with one attached hydrogen (secondary N) is 1. The zero-order chi connectivity index (χ0) is 16.2. The number of rotatable bonds is 4. The number of hydrogen-bond donors (Lipinski definition) is 1. The lowest BCUT2D eigenvalue weighted by Gasteiger charge is -2.05. The fourth-order valence-electron chi connectivity index (χ4n) is 2.03. The van der Waals surface area contributed by atoms with Crippen molar-refractivity contribution >= 4 is 23.2 Å². The first-order valence-electron chi connectivity index (χ1n) is 6.82. The summed E-state index contributed by atoms with van der Waals surface area (Å²) < 4.78 is 14.6. The molecule has 0 spiro atoms. The van der Waals surface area contributed by atoms with Gasteiger partial charge in [0.1, 0.15) is 5.82 Å². The molecule has 1 amide bonds. The quantitative estimate of drug-likeness (QED) is 0.798. The highest BCUT2D eigenvalue weighted by atomic mass is 35.5. The van der Waals surface area contributed by atoms with E-state index in [0.717, 1.165) is 11.6 Å². The summed E-state index contributed by atoms with van der Waals surface area (Å²) in [6, 6.07) is 13.4. The molecule has 0 aliphatic carbocycles. The molecule has 3 aromatic rings. The normalized spacial score (nSPS) is 10.5. The Kier molecular flexibility index (Phi) is 4.34. The third-order valence-electron chi connectivity index (χ3n) is 3.14. The Balaban J connectivity index is 1.71. The molecule has 0 radical (unpaired) electrons. The number of aromatic nitrogens is 3. The Morgan fingerprint density at radius 3 is 2.74 bits per heavy atom. The first kappa shape index (κ1) is 15.2. The SMILES string of the molecule is O=C(Nc1ccc(F)cc1Cl)c1cn(Cc2ccccc2)nn1. The van der Waals surface area contributed by atoms with Gasteiger partial charge in [0.2, 0.25) is 0 Å². The fraction of sp³-hybridized carbons (Fsp3) is 0.0625. The topological polar surface area (TPSA) is 59.8 Å². The van der Waals surface area contributed by atoms with Crippen molar-refractivity contribution in [3.63, 3.8) is 0 Å². The maximum Gasteiger partial charge on any atom is 0.277 e. The average Bonchev–Trinajstić information content (AvgIpc) is 3.00. The van der Waals surface area contributed by atoms with Gasteiger partial charge in [0, 0.05) is 0 Å². The largest absolute Gasteiger partial charge is 0.319 e. The van der Waals surface area contributed by atoms with E-state index in [1.165, 1.54) is 12.1 Å². The molecule has 0 aliphatic rings. The molecule has 3 rings (SSSR count). The monoisotopic (exact) mass is 330 g/mol. The van der Waals surface area contributed by atoms with Crippen molar-refractivity contribution in [2.75, 3.05) is 5.32 Å². The lowest BCUT2D eigenvalue weighted by Crippen LogP contribution is -2.12. The molecule has 5 nitrogen and oxygen atoms in total. The van der Waals surface area contributed by atoms with Crippen molar-refractivity contribution in [3.8, 4) is 0 Å². The fourth-order valence-corrected chi connectivity index (χ4v) is 2.24. The number of carbonyl (C=O) groups excluding carboxylic acids is 1. The van der Waals surface area contributed by atoms with Crippen LogP contribution >= 0.6 is 11.6 Å². The third-order valence-corrected chi connectivity index (χ3v) is 3.45. The van der Waals surface area contributed by atoms with E-state index in [4.69, 9.17) is 11.6 Å². The second-order valence-corrected chi connectivity index (χ2v) is 5.27. The van der Waals surface area contributed by atoms with E-state index in [2.05, 4.69) is 15.6 Å². The zero-order valence-corrected chi connectivity index (χ0v) is 12.7. The van der Waals surface area contributed by atoms with Crippen LogP contribution in [-0.4, -0.2) is 20.9 Å². The summed E-state index contributed by atoms with van der Waals surface area (Å²) >= 11 is 5.88. The number of carbonyl (C=O) groups is 1. The molecule has 23 heavy (non-hydrogen) atoms. The molecule has 0 fully saturated rings. The highest BCUT2D eigenvalue weighted by molar-refractivity contribution is 6.33. The Bertz CT molecular complexity index is 835. The van der Waals surface area contributed by atoms with Crippen LogP contribution in [0, 0.1) is 5.82 Å². The van der Waals surface area contributed by atoms with E-state index < -0.39 is 11.7 Å². The Labute approximate surface area is 136 Å². The Hall–Kier alpha value is -2.73. The van der Waals surface area contributed by atoms with Crippen LogP contribution in [0.2, 0.25) is 5.02 Å². The predicted molar refractivity (Wildman–Crippen MR) is 84.9 cm³/mol. The first-order valence-corrected chi connectivity index (χ1v) is 7.20. The van der Waals surface area contributed by atoms with Crippen LogP contribution in [0.1, 0.15) is 16.1 Å². The number of halogens is 2. The van der Waals surface area contributed by atoms with Crippen LogP contribution in [0.4, 0.5) is 10.1 Å². The van der Waals surface area contributed by atoms with E-state index in [-0.39, 0.29) is 10.7 Å². The van der Waals surface area contributed by atoms with Crippen LogP contribution in [0.25, 0.3) is 0 Å². The van der Waals surface area contributed by atoms with E-state index in [0.29, 0.717) is 12.2 Å². The summed E-state index contributed by atoms with van der Waals surface area (Å²) in [5, 5.41) is 10.5. The molecule has 1 aromatic heterocycles. The van der Waals surface area contributed by atoms with Crippen molar-refractivity contribution < 1.29 is 9.18 Å². The minimum absolute atomic E-state index is 0.120. The van der Waals surface area contributed by atoms with Gasteiger partial charge in [-0.25, -0.2) is 9.07 Å². The van der Waals surface area contributed by atoms with Crippen molar-refractivity contribution in [2.45, 2.75) is 6.54 Å². The predicted octanol–water partition coefficient (Wildman–Crippen LogP) is 3.37. The highest BCUT2D eigenvalue weighted by Crippen LogP contribution is 2.22. The summed E-state index contributed by atoms with van der Waals surface area (Å²) in [5.74, 6) is -0.931. The molecule has 0 saturated heterocycles. The summed E-state index contributed by atoms with van der Waals surface area (Å²) in [7, 11) is 0. The molecule has 0 atom stereocenters. The number of amides is 1. The summed E-state index contributed by atoms with van der Waals surface area (Å²) in [4.78, 5) is 12.1. The van der Waals surface area contributed by atoms with Gasteiger partial charge in [-0.05, 0) is 23.8 Å². The van der Waals surface area contributed by atoms with Crippen LogP contribution in [-0.2, 0) is 6.54 Å². The minimum Gasteiger partial charge on any atom is -0.319 e. The van der Waals surface area contributed by atoms with Crippen LogP contribution < -0.4 is 5.32 Å². The van der Waals surface area contributed by atoms with Crippen LogP contribution in [0.15, 0.2) is 54.7 Å². The van der Waals surface area contributed by atoms with Gasteiger partial charge in [-0.3, -0.25) is 4.79 Å². The first-order chi connectivity index (χ1) is 11.1. The maximum atomic E-state index is 13.0. The van der Waals surface area contributed by atoms with Crippen LogP contribution in [0.5, 0.6) is 0 Å². The molecule has 2 aromatic carbocycles. The van der Waals surface area contributed by atoms with Crippen LogP contribution in [0.3, 0.4) is 0 Å². The summed E-state index contributed by atoms with van der Waals surface area (Å²) in [5.41, 5.74) is 1.52. The zero-order valence-electron chi connectivity index (χ0n) is 11.9. The molecule has 116 valence electrons. The molecule has 1 N–H and O–H groups in total.